The lowest BCUT2D eigenvalue weighted by Gasteiger charge is -2.21. The van der Waals surface area contributed by atoms with Crippen molar-refractivity contribution in [3.63, 3.8) is 0 Å². The van der Waals surface area contributed by atoms with Crippen molar-refractivity contribution >= 4 is 5.91 Å². The first kappa shape index (κ1) is 70.8. The van der Waals surface area contributed by atoms with Gasteiger partial charge < -0.3 is 20.6 Å². The van der Waals surface area contributed by atoms with Crippen LogP contribution < -0.4 is 5.32 Å². The summed E-state index contributed by atoms with van der Waals surface area (Å²) in [5, 5.41) is 33.4. The van der Waals surface area contributed by atoms with E-state index in [1.54, 1.807) is 6.08 Å². The first-order valence-corrected chi connectivity index (χ1v) is 33.2. The molecule has 0 saturated heterocycles. The van der Waals surface area contributed by atoms with E-state index in [0.29, 0.717) is 6.42 Å². The molecule has 0 aliphatic rings. The lowest BCUT2D eigenvalue weighted by molar-refractivity contribution is -0.131. The molecule has 3 unspecified atom stereocenters. The van der Waals surface area contributed by atoms with Crippen LogP contribution in [-0.2, 0) is 4.79 Å². The Labute approximate surface area is 452 Å². The topological polar surface area (TPSA) is 89.8 Å². The number of nitrogens with one attached hydrogen (secondary N) is 1. The van der Waals surface area contributed by atoms with Crippen molar-refractivity contribution in [2.75, 3.05) is 6.61 Å². The number of aliphatic hydroxyl groups excluding tert-OH is 3. The molecule has 0 spiro atoms. The number of hydrogen-bond acceptors (Lipinski definition) is 4. The molecule has 0 fully saturated rings. The monoisotopic (exact) mass is 1010 g/mol. The number of hydrogen-bond donors (Lipinski definition) is 4. The Hall–Kier alpha value is -1.17. The van der Waals surface area contributed by atoms with Crippen molar-refractivity contribution in [2.24, 2.45) is 0 Å². The maximum absolute atomic E-state index is 12.6. The van der Waals surface area contributed by atoms with Gasteiger partial charge >= 0.3 is 0 Å². The molecule has 0 rings (SSSR count). The largest absolute Gasteiger partial charge is 0.394 e. The molecule has 0 saturated carbocycles. The number of carbonyl (C=O) groups is 1. The average Bonchev–Trinajstić information content (AvgIpc) is 3.39. The molecule has 1 amide bonds. The summed E-state index contributed by atoms with van der Waals surface area (Å²) in [5.41, 5.74) is 0. The van der Waals surface area contributed by atoms with Crippen molar-refractivity contribution in [3.05, 3.63) is 24.3 Å². The second kappa shape index (κ2) is 62.4. The van der Waals surface area contributed by atoms with Crippen LogP contribution in [0.3, 0.4) is 0 Å². The van der Waals surface area contributed by atoms with E-state index in [4.69, 9.17) is 0 Å². The molecule has 3 atom stereocenters. The molecule has 0 aliphatic heterocycles. The molecular formula is C67H131NO4. The van der Waals surface area contributed by atoms with E-state index in [1.165, 1.54) is 315 Å². The van der Waals surface area contributed by atoms with Crippen LogP contribution in [0.15, 0.2) is 24.3 Å². The second-order valence-electron chi connectivity index (χ2n) is 23.0. The Morgan fingerprint density at radius 3 is 0.847 bits per heavy atom. The van der Waals surface area contributed by atoms with Crippen LogP contribution in [0, 0.1) is 0 Å². The molecule has 0 radical (unpaired) electrons. The molecule has 72 heavy (non-hydrogen) atoms. The molecule has 428 valence electrons. The highest BCUT2D eigenvalue weighted by Gasteiger charge is 2.22. The molecule has 4 N–H and O–H groups in total. The van der Waals surface area contributed by atoms with Crippen molar-refractivity contribution < 1.29 is 20.1 Å². The zero-order chi connectivity index (χ0) is 52.2. The number of carbonyl (C=O) groups excluding carboxylic acids is 1. The summed E-state index contributed by atoms with van der Waals surface area (Å²) in [4.78, 5) is 12.6. The summed E-state index contributed by atoms with van der Waals surface area (Å²) in [6, 6.07) is -0.813. The summed E-state index contributed by atoms with van der Waals surface area (Å²) < 4.78 is 0. The summed E-state index contributed by atoms with van der Waals surface area (Å²) in [7, 11) is 0. The van der Waals surface area contributed by atoms with E-state index in [9.17, 15) is 20.1 Å². The maximum Gasteiger partial charge on any atom is 0.249 e. The average molecular weight is 1010 g/mol. The number of allylic oxidation sites excluding steroid dienone is 3. The van der Waals surface area contributed by atoms with E-state index in [1.807, 2.05) is 6.08 Å². The van der Waals surface area contributed by atoms with E-state index in [-0.39, 0.29) is 6.61 Å². The summed E-state index contributed by atoms with van der Waals surface area (Å²) >= 11 is 0. The number of rotatable bonds is 62. The Morgan fingerprint density at radius 2 is 0.569 bits per heavy atom. The lowest BCUT2D eigenvalue weighted by Crippen LogP contribution is -2.48. The maximum atomic E-state index is 12.6. The fraction of sp³-hybridized carbons (Fsp3) is 0.925. The SMILES string of the molecule is CCCCCCCCCCCCCCCC/C=C/CC/C=C/C(O)C(CO)NC(=O)C(O)CCCCCCCCCCCCCCCCCCCCCCCCCCCCCCCCCCCCCCCC. The minimum atomic E-state index is -1.10. The highest BCUT2D eigenvalue weighted by atomic mass is 16.3. The highest BCUT2D eigenvalue weighted by Crippen LogP contribution is 2.19. The smallest absolute Gasteiger partial charge is 0.249 e. The van der Waals surface area contributed by atoms with Crippen LogP contribution in [0.1, 0.15) is 373 Å². The van der Waals surface area contributed by atoms with E-state index in [0.717, 1.165) is 38.5 Å². The van der Waals surface area contributed by atoms with Gasteiger partial charge in [-0.15, -0.1) is 0 Å². The fourth-order valence-corrected chi connectivity index (χ4v) is 10.7. The molecule has 0 bridgehead atoms. The Kier molecular flexibility index (Phi) is 61.4. The molecule has 5 heteroatoms. The van der Waals surface area contributed by atoms with Gasteiger partial charge in [0.2, 0.25) is 5.91 Å². The van der Waals surface area contributed by atoms with Gasteiger partial charge in [0.1, 0.15) is 6.10 Å². The van der Waals surface area contributed by atoms with Gasteiger partial charge in [-0.25, -0.2) is 0 Å². The van der Waals surface area contributed by atoms with Crippen LogP contribution in [0.4, 0.5) is 0 Å². The van der Waals surface area contributed by atoms with Crippen LogP contribution in [0.2, 0.25) is 0 Å². The first-order chi connectivity index (χ1) is 35.6. The Morgan fingerprint density at radius 1 is 0.333 bits per heavy atom. The van der Waals surface area contributed by atoms with Crippen molar-refractivity contribution in [1.29, 1.82) is 0 Å². The van der Waals surface area contributed by atoms with Gasteiger partial charge in [-0.05, 0) is 32.1 Å². The Bertz CT molecular complexity index is 1080. The zero-order valence-corrected chi connectivity index (χ0v) is 49.1. The molecule has 5 nitrogen and oxygen atoms in total. The quantitative estimate of drug-likeness (QED) is 0.0361. The van der Waals surface area contributed by atoms with Crippen LogP contribution in [-0.4, -0.2) is 46.1 Å². The molecule has 0 aromatic heterocycles. The standard InChI is InChI=1S/C67H131NO4/c1-3-5-7-9-11-13-15-17-19-21-23-25-26-27-28-29-30-31-32-33-34-35-36-37-38-39-40-41-42-44-46-48-50-52-54-56-58-60-62-66(71)67(72)68-64(63-69)65(70)61-59-57-55-53-51-49-47-45-43-24-22-20-18-16-14-12-10-8-6-4-2/h51,53,59,61,64-66,69-71H,3-50,52,54-58,60,62-63H2,1-2H3,(H,68,72)/b53-51+,61-59+. The third kappa shape index (κ3) is 56.6. The number of unbranched alkanes of at least 4 members (excludes halogenated alkanes) is 52. The minimum absolute atomic E-state index is 0.372. The second-order valence-corrected chi connectivity index (χ2v) is 23.0. The van der Waals surface area contributed by atoms with E-state index >= 15 is 0 Å². The van der Waals surface area contributed by atoms with Gasteiger partial charge in [-0.1, -0.05) is 366 Å². The molecule has 0 aromatic rings. The van der Waals surface area contributed by atoms with E-state index < -0.39 is 24.2 Å². The van der Waals surface area contributed by atoms with E-state index in [2.05, 4.69) is 31.3 Å². The normalized spacial score (nSPS) is 13.2. The first-order valence-electron chi connectivity index (χ1n) is 33.2. The fourth-order valence-electron chi connectivity index (χ4n) is 10.7. The van der Waals surface area contributed by atoms with Gasteiger partial charge in [0.05, 0.1) is 18.8 Å². The molecule has 0 aromatic carbocycles. The van der Waals surface area contributed by atoms with Crippen molar-refractivity contribution in [2.45, 2.75) is 392 Å². The van der Waals surface area contributed by atoms with Crippen molar-refractivity contribution in [1.82, 2.24) is 5.32 Å². The predicted octanol–water partition coefficient (Wildman–Crippen LogP) is 21.2. The zero-order valence-electron chi connectivity index (χ0n) is 49.1. The summed E-state index contributed by atoms with van der Waals surface area (Å²) in [5.74, 6) is -0.505. The van der Waals surface area contributed by atoms with Gasteiger partial charge in [-0.2, -0.15) is 0 Å². The number of aliphatic hydroxyl groups is 3. The van der Waals surface area contributed by atoms with Crippen LogP contribution in [0.5, 0.6) is 0 Å². The Balaban J connectivity index is 3.46. The van der Waals surface area contributed by atoms with Gasteiger partial charge in [0.25, 0.3) is 0 Å². The lowest BCUT2D eigenvalue weighted by atomic mass is 10.0. The molecule has 0 aliphatic carbocycles. The third-order valence-corrected chi connectivity index (χ3v) is 15.8. The van der Waals surface area contributed by atoms with Gasteiger partial charge in [0.15, 0.2) is 0 Å². The van der Waals surface area contributed by atoms with Gasteiger partial charge in [0, 0.05) is 0 Å². The predicted molar refractivity (Wildman–Crippen MR) is 319 cm³/mol. The molecule has 0 heterocycles. The van der Waals surface area contributed by atoms with Crippen LogP contribution >= 0.6 is 0 Å². The summed E-state index contributed by atoms with van der Waals surface area (Å²) in [6.07, 6.45) is 81.8. The van der Waals surface area contributed by atoms with Crippen molar-refractivity contribution in [3.8, 4) is 0 Å². The third-order valence-electron chi connectivity index (χ3n) is 15.8. The van der Waals surface area contributed by atoms with Crippen LogP contribution in [0.25, 0.3) is 0 Å². The number of amides is 1. The summed E-state index contributed by atoms with van der Waals surface area (Å²) in [6.45, 7) is 4.22. The van der Waals surface area contributed by atoms with Gasteiger partial charge in [-0.3, -0.25) is 4.79 Å². The minimum Gasteiger partial charge on any atom is -0.394 e. The highest BCUT2D eigenvalue weighted by molar-refractivity contribution is 5.80. The molecular weight excluding hydrogens is 883 g/mol.